The van der Waals surface area contributed by atoms with Crippen molar-refractivity contribution in [2.24, 2.45) is 0 Å². The predicted molar refractivity (Wildman–Crippen MR) is 75.0 cm³/mol. The maximum Gasteiger partial charge on any atom is 0.290 e. The number of rotatable bonds is 4. The molecule has 7 heteroatoms. The highest BCUT2D eigenvalue weighted by Crippen LogP contribution is 2.40. The molecule has 0 radical (unpaired) electrons. The Kier molecular flexibility index (Phi) is 4.95. The zero-order valence-electron chi connectivity index (χ0n) is 10.8. The van der Waals surface area contributed by atoms with Gasteiger partial charge in [0.05, 0.1) is 0 Å². The number of aromatic hydroxyl groups is 1. The van der Waals surface area contributed by atoms with E-state index in [2.05, 4.69) is 21.2 Å². The van der Waals surface area contributed by atoms with Gasteiger partial charge in [-0.05, 0) is 12.1 Å². The van der Waals surface area contributed by atoms with Gasteiger partial charge in [-0.25, -0.2) is 8.78 Å². The van der Waals surface area contributed by atoms with E-state index in [1.165, 1.54) is 12.1 Å². The van der Waals surface area contributed by atoms with E-state index in [0.29, 0.717) is 30.7 Å². The summed E-state index contributed by atoms with van der Waals surface area (Å²) < 4.78 is 28.9. The van der Waals surface area contributed by atoms with Crippen LogP contribution in [0.5, 0.6) is 5.75 Å². The summed E-state index contributed by atoms with van der Waals surface area (Å²) in [6.07, 6.45) is 0. The Hall–Kier alpha value is -0.760. The number of hydrogen-bond acceptors (Lipinski definition) is 4. The van der Waals surface area contributed by atoms with E-state index in [1.807, 2.05) is 0 Å². The number of piperazine rings is 1. The van der Waals surface area contributed by atoms with Crippen LogP contribution in [0.15, 0.2) is 22.7 Å². The fraction of sp³-hybridized carbons (Fsp3) is 0.538. The third-order valence-corrected chi connectivity index (χ3v) is 3.91. The molecule has 3 N–H and O–H groups in total. The summed E-state index contributed by atoms with van der Waals surface area (Å²) >= 11 is 3.19. The van der Waals surface area contributed by atoms with Gasteiger partial charge in [-0.2, -0.15) is 0 Å². The second-order valence-corrected chi connectivity index (χ2v) is 5.73. The van der Waals surface area contributed by atoms with Crippen molar-refractivity contribution in [2.75, 3.05) is 32.8 Å². The molecule has 1 heterocycles. The van der Waals surface area contributed by atoms with Gasteiger partial charge in [-0.1, -0.05) is 22.0 Å². The number of alkyl halides is 2. The van der Waals surface area contributed by atoms with Gasteiger partial charge < -0.3 is 15.5 Å². The molecule has 0 spiro atoms. The van der Waals surface area contributed by atoms with Crippen LogP contribution in [0, 0.1) is 0 Å². The zero-order chi connectivity index (χ0) is 14.8. The van der Waals surface area contributed by atoms with Crippen molar-refractivity contribution >= 4 is 15.9 Å². The van der Waals surface area contributed by atoms with E-state index in [0.717, 1.165) is 0 Å². The molecular weight excluding hydrogens is 334 g/mol. The Morgan fingerprint density at radius 2 is 2.00 bits per heavy atom. The number of phenols is 1. The molecule has 112 valence electrons. The second-order valence-electron chi connectivity index (χ2n) is 4.81. The first kappa shape index (κ1) is 15.6. The minimum atomic E-state index is -3.32. The normalized spacial score (nSPS) is 19.0. The molecule has 1 aromatic carbocycles. The van der Waals surface area contributed by atoms with E-state index in [9.17, 15) is 13.9 Å². The summed E-state index contributed by atoms with van der Waals surface area (Å²) in [6, 6.07) is 3.13. The van der Waals surface area contributed by atoms with Crippen LogP contribution >= 0.6 is 15.9 Å². The Bertz CT molecular complexity index is 468. The van der Waals surface area contributed by atoms with E-state index in [-0.39, 0.29) is 11.3 Å². The third-order valence-electron chi connectivity index (χ3n) is 3.41. The van der Waals surface area contributed by atoms with Crippen molar-refractivity contribution in [1.82, 2.24) is 10.2 Å². The van der Waals surface area contributed by atoms with Crippen LogP contribution in [0.4, 0.5) is 8.78 Å². The molecule has 1 fully saturated rings. The maximum atomic E-state index is 14.1. The zero-order valence-corrected chi connectivity index (χ0v) is 12.4. The number of phenolic OH excluding ortho intramolecular Hbond substituents is 1. The summed E-state index contributed by atoms with van der Waals surface area (Å²) in [5, 5.41) is 22.1. The fourth-order valence-electron chi connectivity index (χ4n) is 2.47. The lowest BCUT2D eigenvalue weighted by Crippen LogP contribution is -2.51. The van der Waals surface area contributed by atoms with E-state index < -0.39 is 18.6 Å². The summed E-state index contributed by atoms with van der Waals surface area (Å²) in [7, 11) is 0. The highest BCUT2D eigenvalue weighted by atomic mass is 79.9. The van der Waals surface area contributed by atoms with Crippen LogP contribution in [-0.4, -0.2) is 53.8 Å². The van der Waals surface area contributed by atoms with E-state index in [1.54, 1.807) is 11.0 Å². The number of benzene rings is 1. The van der Waals surface area contributed by atoms with E-state index in [4.69, 9.17) is 5.11 Å². The maximum absolute atomic E-state index is 14.1. The quantitative estimate of drug-likeness (QED) is 0.774. The van der Waals surface area contributed by atoms with Gasteiger partial charge in [0, 0.05) is 36.2 Å². The molecule has 1 saturated heterocycles. The summed E-state index contributed by atoms with van der Waals surface area (Å²) in [6.45, 7) is 0.840. The Balaban J connectivity index is 2.39. The topological polar surface area (TPSA) is 55.7 Å². The lowest BCUT2D eigenvalue weighted by Gasteiger charge is -2.38. The average molecular weight is 351 g/mol. The molecule has 1 aliphatic heterocycles. The standard InChI is InChI=1S/C13H17BrF2N2O2/c14-9-1-2-10(11(20)7-9)12(13(15,16)8-19)18-5-3-17-4-6-18/h1-2,7,12,17,19-20H,3-6,8H2/t12-/m0/s1. The third kappa shape index (κ3) is 3.28. The van der Waals surface area contributed by atoms with Crippen molar-refractivity contribution in [3.05, 3.63) is 28.2 Å². The van der Waals surface area contributed by atoms with Crippen LogP contribution < -0.4 is 5.32 Å². The Morgan fingerprint density at radius 3 is 2.55 bits per heavy atom. The average Bonchev–Trinajstić information content (AvgIpc) is 2.43. The first-order valence-corrected chi connectivity index (χ1v) is 7.17. The molecule has 1 aromatic rings. The molecule has 4 nitrogen and oxygen atoms in total. The smallest absolute Gasteiger partial charge is 0.290 e. The van der Waals surface area contributed by atoms with Gasteiger partial charge in [-0.15, -0.1) is 0 Å². The van der Waals surface area contributed by atoms with Gasteiger partial charge in [0.1, 0.15) is 18.4 Å². The summed E-state index contributed by atoms with van der Waals surface area (Å²) in [4.78, 5) is 1.59. The summed E-state index contributed by atoms with van der Waals surface area (Å²) in [5.74, 6) is -3.51. The molecule has 1 aliphatic rings. The van der Waals surface area contributed by atoms with Crippen LogP contribution in [0.3, 0.4) is 0 Å². The first-order valence-electron chi connectivity index (χ1n) is 6.37. The Labute approximate surface area is 124 Å². The number of aliphatic hydroxyl groups excluding tert-OH is 1. The van der Waals surface area contributed by atoms with Gasteiger partial charge in [0.15, 0.2) is 0 Å². The molecule has 0 bridgehead atoms. The highest BCUT2D eigenvalue weighted by Gasteiger charge is 2.45. The second kappa shape index (κ2) is 6.34. The van der Waals surface area contributed by atoms with E-state index >= 15 is 0 Å². The summed E-state index contributed by atoms with van der Waals surface area (Å²) in [5.41, 5.74) is 0.133. The van der Waals surface area contributed by atoms with Crippen molar-refractivity contribution in [1.29, 1.82) is 0 Å². The molecule has 0 saturated carbocycles. The Morgan fingerprint density at radius 1 is 1.35 bits per heavy atom. The lowest BCUT2D eigenvalue weighted by atomic mass is 9.97. The van der Waals surface area contributed by atoms with Crippen LogP contribution in [0.2, 0.25) is 0 Å². The van der Waals surface area contributed by atoms with Crippen LogP contribution in [0.1, 0.15) is 11.6 Å². The van der Waals surface area contributed by atoms with Gasteiger partial charge >= 0.3 is 0 Å². The van der Waals surface area contributed by atoms with Crippen molar-refractivity contribution in [3.63, 3.8) is 0 Å². The monoisotopic (exact) mass is 350 g/mol. The first-order chi connectivity index (χ1) is 9.45. The highest BCUT2D eigenvalue weighted by molar-refractivity contribution is 9.10. The molecule has 0 unspecified atom stereocenters. The van der Waals surface area contributed by atoms with Gasteiger partial charge in [0.2, 0.25) is 0 Å². The van der Waals surface area contributed by atoms with Gasteiger partial charge in [0.25, 0.3) is 5.92 Å². The molecule has 0 aliphatic carbocycles. The van der Waals surface area contributed by atoms with Crippen molar-refractivity contribution < 1.29 is 19.0 Å². The van der Waals surface area contributed by atoms with Crippen LogP contribution in [-0.2, 0) is 0 Å². The largest absolute Gasteiger partial charge is 0.508 e. The minimum absolute atomic E-state index is 0.133. The fourth-order valence-corrected chi connectivity index (χ4v) is 2.82. The lowest BCUT2D eigenvalue weighted by molar-refractivity contribution is -0.119. The molecule has 2 rings (SSSR count). The number of aliphatic hydroxyl groups is 1. The van der Waals surface area contributed by atoms with Crippen molar-refractivity contribution in [2.45, 2.75) is 12.0 Å². The number of hydrogen-bond donors (Lipinski definition) is 3. The SMILES string of the molecule is OCC(F)(F)[C@H](c1ccc(Br)cc1O)N1CCNCC1. The van der Waals surface area contributed by atoms with Crippen molar-refractivity contribution in [3.8, 4) is 5.75 Å². The van der Waals surface area contributed by atoms with Crippen LogP contribution in [0.25, 0.3) is 0 Å². The predicted octanol–water partition coefficient (Wildman–Crippen LogP) is 1.73. The molecular formula is C13H17BrF2N2O2. The van der Waals surface area contributed by atoms with Gasteiger partial charge in [-0.3, -0.25) is 4.90 Å². The molecule has 0 aromatic heterocycles. The molecule has 20 heavy (non-hydrogen) atoms. The number of halogens is 3. The minimum Gasteiger partial charge on any atom is -0.508 e. The number of nitrogens with zero attached hydrogens (tertiary/aromatic N) is 1. The molecule has 1 atom stereocenters. The molecule has 0 amide bonds. The number of nitrogens with one attached hydrogen (secondary N) is 1.